The molecule has 0 aliphatic carbocycles. The van der Waals surface area contributed by atoms with Gasteiger partial charge in [0.2, 0.25) is 0 Å². The Morgan fingerprint density at radius 3 is 1.55 bits per heavy atom. The van der Waals surface area contributed by atoms with Gasteiger partial charge >= 0.3 is 0 Å². The van der Waals surface area contributed by atoms with Crippen LogP contribution in [0.3, 0.4) is 0 Å². The van der Waals surface area contributed by atoms with Crippen molar-refractivity contribution in [1.82, 2.24) is 0 Å². The molecule has 1 spiro atoms. The van der Waals surface area contributed by atoms with Gasteiger partial charge in [0.25, 0.3) is 0 Å². The zero-order valence-corrected chi connectivity index (χ0v) is 27.1. The van der Waals surface area contributed by atoms with E-state index in [1.54, 1.807) is 0 Å². The van der Waals surface area contributed by atoms with Crippen LogP contribution in [0.1, 0.15) is 0 Å². The lowest BCUT2D eigenvalue weighted by atomic mass is 10.0. The fourth-order valence-corrected chi connectivity index (χ4v) is 14.8. The smallest absolute Gasteiger partial charge is 0.190 e. The van der Waals surface area contributed by atoms with Gasteiger partial charge in [-0.05, 0) is 92.5 Å². The van der Waals surface area contributed by atoms with Gasteiger partial charge in [-0.3, -0.25) is 0 Å². The van der Waals surface area contributed by atoms with Gasteiger partial charge in [-0.2, -0.15) is 0 Å². The Morgan fingerprint density at radius 2 is 0.894 bits per heavy atom. The monoisotopic (exact) mass is 637 g/mol. The number of nitrogens with zero attached hydrogens (tertiary/aromatic N) is 1. The molecular formula is C42H27NO2SSi. The predicted octanol–water partition coefficient (Wildman–Crippen LogP) is 8.88. The van der Waals surface area contributed by atoms with Crippen molar-refractivity contribution in [2.24, 2.45) is 0 Å². The van der Waals surface area contributed by atoms with Crippen LogP contribution >= 0.6 is 11.8 Å². The molecule has 0 atom stereocenters. The number of ether oxygens (including phenoxy) is 2. The molecule has 3 aliphatic rings. The molecule has 0 saturated carbocycles. The number of para-hydroxylation sites is 5. The zero-order valence-electron chi connectivity index (χ0n) is 25.3. The summed E-state index contributed by atoms with van der Waals surface area (Å²) >= 11 is 1.89. The summed E-state index contributed by atoms with van der Waals surface area (Å²) in [5.74, 6) is 3.62. The first kappa shape index (κ1) is 26.7. The highest BCUT2D eigenvalue weighted by Gasteiger charge is 2.52. The fraction of sp³-hybridized carbons (Fsp3) is 0. The van der Waals surface area contributed by atoms with E-state index in [1.165, 1.54) is 41.7 Å². The number of anilines is 3. The van der Waals surface area contributed by atoms with E-state index in [4.69, 9.17) is 9.47 Å². The molecule has 47 heavy (non-hydrogen) atoms. The second-order valence-corrected chi connectivity index (χ2v) is 16.8. The van der Waals surface area contributed by atoms with Gasteiger partial charge in [-0.1, -0.05) is 115 Å². The van der Waals surface area contributed by atoms with E-state index in [0.29, 0.717) is 0 Å². The molecule has 222 valence electrons. The van der Waals surface area contributed by atoms with E-state index in [2.05, 4.69) is 144 Å². The van der Waals surface area contributed by atoms with Crippen LogP contribution in [0, 0.1) is 0 Å². The minimum atomic E-state index is -2.70. The lowest BCUT2D eigenvalue weighted by molar-refractivity contribution is 0.477. The Balaban J connectivity index is 1.15. The second-order valence-electron chi connectivity index (χ2n) is 12.1. The van der Waals surface area contributed by atoms with Crippen molar-refractivity contribution in [3.05, 3.63) is 164 Å². The summed E-state index contributed by atoms with van der Waals surface area (Å²) in [6.07, 6.45) is 0. The molecule has 0 aromatic heterocycles. The highest BCUT2D eigenvalue weighted by Crippen LogP contribution is 2.50. The van der Waals surface area contributed by atoms with Crippen molar-refractivity contribution >= 4 is 57.6 Å². The van der Waals surface area contributed by atoms with Crippen molar-refractivity contribution in [3.63, 3.8) is 0 Å². The number of hydrogen-bond donors (Lipinski definition) is 0. The summed E-state index contributed by atoms with van der Waals surface area (Å²) in [6, 6.07) is 58.8. The van der Waals surface area contributed by atoms with E-state index in [1.807, 2.05) is 36.0 Å². The number of rotatable bonds is 2. The van der Waals surface area contributed by atoms with Crippen molar-refractivity contribution in [2.75, 3.05) is 4.90 Å². The SMILES string of the molecule is c1ccc2c(c1)Oc1ccccc1N2c1ccc(-c2ccc3c(c2)[Si]2(c4ccccc4O3)c3ccccc3Sc3ccccc32)cc1. The first-order chi connectivity index (χ1) is 23.3. The molecule has 0 bridgehead atoms. The molecule has 0 amide bonds. The summed E-state index contributed by atoms with van der Waals surface area (Å²) in [4.78, 5) is 4.95. The fourth-order valence-electron chi connectivity index (χ4n) is 7.58. The van der Waals surface area contributed by atoms with Crippen LogP contribution in [0.2, 0.25) is 0 Å². The molecule has 0 N–H and O–H groups in total. The Hall–Kier alpha value is -5.49. The maximum absolute atomic E-state index is 6.70. The van der Waals surface area contributed by atoms with E-state index in [0.717, 1.165) is 40.1 Å². The molecule has 0 unspecified atom stereocenters. The molecule has 3 aliphatic heterocycles. The minimum absolute atomic E-state index is 0.853. The van der Waals surface area contributed by atoms with Crippen LogP contribution in [-0.2, 0) is 0 Å². The summed E-state index contributed by atoms with van der Waals surface area (Å²) in [5, 5.41) is 5.47. The topological polar surface area (TPSA) is 21.7 Å². The first-order valence-corrected chi connectivity index (χ1v) is 18.7. The van der Waals surface area contributed by atoms with Gasteiger partial charge in [-0.15, -0.1) is 0 Å². The average molecular weight is 638 g/mol. The molecular weight excluding hydrogens is 611 g/mol. The highest BCUT2D eigenvalue weighted by atomic mass is 32.2. The Bertz CT molecular complexity index is 2220. The highest BCUT2D eigenvalue weighted by molar-refractivity contribution is 8.00. The number of hydrogen-bond acceptors (Lipinski definition) is 4. The van der Waals surface area contributed by atoms with Crippen LogP contribution in [0.15, 0.2) is 174 Å². The second kappa shape index (κ2) is 10.3. The third-order valence-electron chi connectivity index (χ3n) is 9.59. The lowest BCUT2D eigenvalue weighted by Crippen LogP contribution is -2.77. The van der Waals surface area contributed by atoms with Gasteiger partial charge in [0.15, 0.2) is 19.6 Å². The quantitative estimate of drug-likeness (QED) is 0.177. The van der Waals surface area contributed by atoms with E-state index in [-0.39, 0.29) is 0 Å². The van der Waals surface area contributed by atoms with Gasteiger partial charge in [-0.25, -0.2) is 0 Å². The first-order valence-electron chi connectivity index (χ1n) is 15.8. The van der Waals surface area contributed by atoms with E-state index < -0.39 is 8.07 Å². The third-order valence-corrected chi connectivity index (χ3v) is 16.0. The largest absolute Gasteiger partial charge is 0.458 e. The molecule has 0 radical (unpaired) electrons. The Kier molecular flexibility index (Phi) is 5.83. The third kappa shape index (κ3) is 3.87. The van der Waals surface area contributed by atoms with Gasteiger partial charge < -0.3 is 14.4 Å². The maximum atomic E-state index is 6.70. The Labute approximate surface area is 278 Å². The summed E-state index contributed by atoms with van der Waals surface area (Å²) < 4.78 is 13.0. The molecule has 3 nitrogen and oxygen atoms in total. The maximum Gasteiger partial charge on any atom is 0.190 e. The Morgan fingerprint density at radius 1 is 0.404 bits per heavy atom. The van der Waals surface area contributed by atoms with Gasteiger partial charge in [0.05, 0.1) is 11.4 Å². The molecule has 0 saturated heterocycles. The molecule has 7 aromatic carbocycles. The van der Waals surface area contributed by atoms with Crippen molar-refractivity contribution in [1.29, 1.82) is 0 Å². The van der Waals surface area contributed by atoms with Crippen LogP contribution in [-0.4, -0.2) is 8.07 Å². The zero-order chi connectivity index (χ0) is 31.0. The van der Waals surface area contributed by atoms with E-state index >= 15 is 0 Å². The van der Waals surface area contributed by atoms with Crippen molar-refractivity contribution in [3.8, 4) is 34.1 Å². The average Bonchev–Trinajstić information content (AvgIpc) is 3.14. The van der Waals surface area contributed by atoms with Crippen LogP contribution in [0.4, 0.5) is 17.1 Å². The number of benzene rings is 7. The molecule has 7 aromatic rings. The summed E-state index contributed by atoms with van der Waals surface area (Å²) in [6.45, 7) is 0. The van der Waals surface area contributed by atoms with Crippen LogP contribution in [0.25, 0.3) is 11.1 Å². The summed E-state index contributed by atoms with van der Waals surface area (Å²) in [7, 11) is -2.70. The normalized spacial score (nSPS) is 14.3. The molecule has 5 heteroatoms. The van der Waals surface area contributed by atoms with Crippen molar-refractivity contribution in [2.45, 2.75) is 9.79 Å². The molecule has 3 heterocycles. The minimum Gasteiger partial charge on any atom is -0.458 e. The van der Waals surface area contributed by atoms with Crippen LogP contribution in [0.5, 0.6) is 23.0 Å². The van der Waals surface area contributed by atoms with Crippen molar-refractivity contribution < 1.29 is 9.47 Å². The van der Waals surface area contributed by atoms with Gasteiger partial charge in [0.1, 0.15) is 11.5 Å². The molecule has 0 fully saturated rings. The number of fused-ring (bicyclic) bond motifs is 10. The molecule has 10 rings (SSSR count). The van der Waals surface area contributed by atoms with Gasteiger partial charge in [0, 0.05) is 15.5 Å². The standard InChI is InChI=1S/C42H27NO2SSi/c1-3-13-33-31(11-1)43(32-12-2-4-14-34(32)44-33)30-24-21-28(22-25-30)29-23-26-36-42(27-29)47(39-18-8-5-15-35(39)45-36)40-19-9-6-16-37(40)46-38-17-7-10-20-41(38)47/h1-27H. The predicted molar refractivity (Wildman–Crippen MR) is 194 cm³/mol. The summed E-state index contributed by atoms with van der Waals surface area (Å²) in [5.41, 5.74) is 5.50. The van der Waals surface area contributed by atoms with E-state index in [9.17, 15) is 0 Å². The van der Waals surface area contributed by atoms with Crippen LogP contribution < -0.4 is 35.1 Å². The lowest BCUT2D eigenvalue weighted by Gasteiger charge is -2.43.